The van der Waals surface area contributed by atoms with Crippen molar-refractivity contribution in [3.8, 4) is 0 Å². The summed E-state index contributed by atoms with van der Waals surface area (Å²) >= 11 is 0. The summed E-state index contributed by atoms with van der Waals surface area (Å²) < 4.78 is 10.6. The van der Waals surface area contributed by atoms with Gasteiger partial charge < -0.3 is 19.7 Å². The molecule has 1 heterocycles. The van der Waals surface area contributed by atoms with E-state index in [9.17, 15) is 14.4 Å². The van der Waals surface area contributed by atoms with Crippen molar-refractivity contribution in [2.75, 3.05) is 19.6 Å². The van der Waals surface area contributed by atoms with Crippen LogP contribution in [0.15, 0.2) is 60.7 Å². The van der Waals surface area contributed by atoms with Crippen molar-refractivity contribution in [2.24, 2.45) is 5.92 Å². The maximum Gasteiger partial charge on any atom is 0.325 e. The molecule has 3 rings (SSSR count). The molecule has 7 nitrogen and oxygen atoms in total. The lowest BCUT2D eigenvalue weighted by Crippen LogP contribution is -2.59. The molecule has 2 aromatic rings. The Morgan fingerprint density at radius 2 is 1.57 bits per heavy atom. The third-order valence-corrected chi connectivity index (χ3v) is 4.98. The Labute approximate surface area is 176 Å². The van der Waals surface area contributed by atoms with E-state index in [0.717, 1.165) is 11.1 Å². The van der Waals surface area contributed by atoms with E-state index < -0.39 is 23.9 Å². The molecule has 1 aliphatic rings. The van der Waals surface area contributed by atoms with Crippen molar-refractivity contribution < 1.29 is 23.9 Å². The van der Waals surface area contributed by atoms with Crippen LogP contribution in [0.25, 0.3) is 0 Å². The number of hydrogen-bond donors (Lipinski definition) is 1. The molecular formula is C23H26N2O5. The van der Waals surface area contributed by atoms with E-state index in [4.69, 9.17) is 9.47 Å². The highest BCUT2D eigenvalue weighted by Crippen LogP contribution is 2.14. The molecule has 1 N–H and O–H groups in total. The molecule has 2 unspecified atom stereocenters. The van der Waals surface area contributed by atoms with Crippen LogP contribution in [0.3, 0.4) is 0 Å². The minimum atomic E-state index is -0.732. The van der Waals surface area contributed by atoms with Gasteiger partial charge in [-0.1, -0.05) is 60.7 Å². The Bertz CT molecular complexity index is 856. The Balaban J connectivity index is 1.49. The quantitative estimate of drug-likeness (QED) is 0.670. The zero-order chi connectivity index (χ0) is 21.3. The van der Waals surface area contributed by atoms with Crippen LogP contribution in [0.1, 0.15) is 18.1 Å². The summed E-state index contributed by atoms with van der Waals surface area (Å²) in [5, 5.41) is 3.06. The molecule has 7 heteroatoms. The van der Waals surface area contributed by atoms with Gasteiger partial charge in [-0.05, 0) is 18.1 Å². The van der Waals surface area contributed by atoms with Crippen molar-refractivity contribution in [1.82, 2.24) is 10.2 Å². The zero-order valence-electron chi connectivity index (χ0n) is 17.0. The molecule has 1 amide bonds. The molecule has 0 saturated carbocycles. The Hall–Kier alpha value is -3.19. The number of carbonyl (C=O) groups excluding carboxylic acids is 3. The van der Waals surface area contributed by atoms with Gasteiger partial charge in [0.05, 0.1) is 5.92 Å². The van der Waals surface area contributed by atoms with Gasteiger partial charge in [0.2, 0.25) is 5.91 Å². The fourth-order valence-electron chi connectivity index (χ4n) is 3.23. The summed E-state index contributed by atoms with van der Waals surface area (Å²) in [7, 11) is 0. The van der Waals surface area contributed by atoms with Crippen molar-refractivity contribution in [2.45, 2.75) is 26.2 Å². The van der Waals surface area contributed by atoms with Gasteiger partial charge >= 0.3 is 11.9 Å². The van der Waals surface area contributed by atoms with Crippen LogP contribution < -0.4 is 5.32 Å². The van der Waals surface area contributed by atoms with E-state index in [1.807, 2.05) is 60.7 Å². The molecule has 2 aromatic carbocycles. The van der Waals surface area contributed by atoms with Crippen molar-refractivity contribution in [1.29, 1.82) is 0 Å². The third-order valence-electron chi connectivity index (χ3n) is 4.98. The molecule has 0 radical (unpaired) electrons. The number of piperazine rings is 1. The Kier molecular flexibility index (Phi) is 7.57. The van der Waals surface area contributed by atoms with Gasteiger partial charge in [0, 0.05) is 13.1 Å². The second kappa shape index (κ2) is 10.5. The van der Waals surface area contributed by atoms with E-state index in [2.05, 4.69) is 5.32 Å². The average molecular weight is 410 g/mol. The van der Waals surface area contributed by atoms with Crippen LogP contribution in [0, 0.1) is 5.92 Å². The smallest absolute Gasteiger partial charge is 0.325 e. The molecular weight excluding hydrogens is 384 g/mol. The van der Waals surface area contributed by atoms with Crippen LogP contribution in [-0.4, -0.2) is 48.4 Å². The van der Waals surface area contributed by atoms with E-state index in [-0.39, 0.29) is 25.7 Å². The molecule has 0 spiro atoms. The van der Waals surface area contributed by atoms with Gasteiger partial charge in [-0.2, -0.15) is 0 Å². The highest BCUT2D eigenvalue weighted by Gasteiger charge is 2.37. The molecule has 30 heavy (non-hydrogen) atoms. The van der Waals surface area contributed by atoms with Crippen LogP contribution in [0.2, 0.25) is 0 Å². The predicted molar refractivity (Wildman–Crippen MR) is 110 cm³/mol. The first-order chi connectivity index (χ1) is 14.5. The molecule has 2 atom stereocenters. The summed E-state index contributed by atoms with van der Waals surface area (Å²) in [6, 6.07) is 18.0. The maximum absolute atomic E-state index is 12.8. The van der Waals surface area contributed by atoms with E-state index in [1.54, 1.807) is 6.92 Å². The number of nitrogens with one attached hydrogen (secondary N) is 1. The van der Waals surface area contributed by atoms with Crippen molar-refractivity contribution >= 4 is 17.8 Å². The van der Waals surface area contributed by atoms with Crippen molar-refractivity contribution in [3.05, 3.63) is 71.8 Å². The second-order valence-electron chi connectivity index (χ2n) is 7.22. The molecule has 0 aliphatic carbocycles. The Morgan fingerprint density at radius 1 is 1.00 bits per heavy atom. The van der Waals surface area contributed by atoms with Gasteiger partial charge in [0.25, 0.3) is 0 Å². The SMILES string of the molecule is CC(C(=O)OCc1ccccc1)C1NCCN(CC(=O)OCc2ccccc2)C1=O. The maximum atomic E-state index is 12.8. The fraction of sp³-hybridized carbons (Fsp3) is 0.348. The first kappa shape index (κ1) is 21.5. The minimum absolute atomic E-state index is 0.143. The van der Waals surface area contributed by atoms with Gasteiger partial charge in [-0.25, -0.2) is 0 Å². The number of rotatable bonds is 8. The molecule has 0 aromatic heterocycles. The van der Waals surface area contributed by atoms with Crippen molar-refractivity contribution in [3.63, 3.8) is 0 Å². The van der Waals surface area contributed by atoms with Crippen LogP contribution in [0.4, 0.5) is 0 Å². The standard InChI is InChI=1S/C23H26N2O5/c1-17(23(28)30-16-19-10-6-3-7-11-19)21-22(27)25(13-12-24-21)14-20(26)29-15-18-8-4-2-5-9-18/h2-11,17,21,24H,12-16H2,1H3. The molecule has 1 aliphatic heterocycles. The fourth-order valence-corrected chi connectivity index (χ4v) is 3.23. The average Bonchev–Trinajstić information content (AvgIpc) is 2.78. The summed E-state index contributed by atoms with van der Waals surface area (Å²) in [5.41, 5.74) is 1.76. The monoisotopic (exact) mass is 410 g/mol. The third kappa shape index (κ3) is 5.90. The largest absolute Gasteiger partial charge is 0.461 e. The second-order valence-corrected chi connectivity index (χ2v) is 7.22. The highest BCUT2D eigenvalue weighted by atomic mass is 16.5. The highest BCUT2D eigenvalue weighted by molar-refractivity contribution is 5.90. The van der Waals surface area contributed by atoms with E-state index in [1.165, 1.54) is 4.90 Å². The first-order valence-electron chi connectivity index (χ1n) is 9.97. The van der Waals surface area contributed by atoms with Crippen LogP contribution in [-0.2, 0) is 37.1 Å². The zero-order valence-corrected chi connectivity index (χ0v) is 17.0. The lowest BCUT2D eigenvalue weighted by atomic mass is 9.99. The normalized spacial score (nSPS) is 17.3. The summed E-state index contributed by atoms with van der Waals surface area (Å²) in [6.07, 6.45) is 0. The molecule has 1 fully saturated rings. The van der Waals surface area contributed by atoms with Crippen LogP contribution >= 0.6 is 0 Å². The number of hydrogen-bond acceptors (Lipinski definition) is 6. The molecule has 158 valence electrons. The van der Waals surface area contributed by atoms with E-state index >= 15 is 0 Å². The van der Waals surface area contributed by atoms with Gasteiger partial charge in [-0.3, -0.25) is 14.4 Å². The van der Waals surface area contributed by atoms with Gasteiger partial charge in [0.1, 0.15) is 25.8 Å². The van der Waals surface area contributed by atoms with Crippen LogP contribution in [0.5, 0.6) is 0 Å². The molecule has 1 saturated heterocycles. The number of amides is 1. The summed E-state index contributed by atoms with van der Waals surface area (Å²) in [6.45, 7) is 2.68. The van der Waals surface area contributed by atoms with E-state index in [0.29, 0.717) is 13.1 Å². The van der Waals surface area contributed by atoms with Gasteiger partial charge in [-0.15, -0.1) is 0 Å². The summed E-state index contributed by atoms with van der Waals surface area (Å²) in [4.78, 5) is 38.8. The lowest BCUT2D eigenvalue weighted by Gasteiger charge is -2.34. The number of carbonyl (C=O) groups is 3. The molecule has 0 bridgehead atoms. The first-order valence-corrected chi connectivity index (χ1v) is 9.97. The number of esters is 2. The number of nitrogens with zero attached hydrogens (tertiary/aromatic N) is 1. The minimum Gasteiger partial charge on any atom is -0.461 e. The van der Waals surface area contributed by atoms with Gasteiger partial charge in [0.15, 0.2) is 0 Å². The predicted octanol–water partition coefficient (Wildman–Crippen LogP) is 1.91. The topological polar surface area (TPSA) is 84.9 Å². The lowest BCUT2D eigenvalue weighted by molar-refractivity contribution is -0.157. The number of ether oxygens (including phenoxy) is 2. The number of benzene rings is 2. The Morgan fingerprint density at radius 3 is 2.17 bits per heavy atom. The summed E-state index contributed by atoms with van der Waals surface area (Å²) in [5.74, 6) is -1.92.